The van der Waals surface area contributed by atoms with E-state index < -0.39 is 5.97 Å². The highest BCUT2D eigenvalue weighted by atomic mass is 16.5. The van der Waals surface area contributed by atoms with Crippen LogP contribution in [0.5, 0.6) is 0 Å². The predicted molar refractivity (Wildman–Crippen MR) is 190 cm³/mol. The van der Waals surface area contributed by atoms with Crippen LogP contribution < -0.4 is 0 Å². The smallest absolute Gasteiger partial charge is 0.306 e. The first-order valence-corrected chi connectivity index (χ1v) is 17.6. The van der Waals surface area contributed by atoms with Crippen LogP contribution in [0.25, 0.3) is 0 Å². The Labute approximate surface area is 270 Å². The molecule has 0 aromatic carbocycles. The molecule has 0 fully saturated rings. The van der Waals surface area contributed by atoms with Gasteiger partial charge >= 0.3 is 11.9 Å². The molecule has 4 nitrogen and oxygen atoms in total. The Bertz CT molecular complexity index is 872. The first kappa shape index (κ1) is 41.1. The number of esters is 1. The Balaban J connectivity index is 4.19. The highest BCUT2D eigenvalue weighted by molar-refractivity contribution is 5.69. The van der Waals surface area contributed by atoms with Gasteiger partial charge < -0.3 is 9.84 Å². The van der Waals surface area contributed by atoms with Crippen molar-refractivity contribution >= 4 is 11.9 Å². The summed E-state index contributed by atoms with van der Waals surface area (Å²) in [6.45, 7) is 4.29. The molecule has 248 valence electrons. The number of carbonyl (C=O) groups is 2. The first-order valence-electron chi connectivity index (χ1n) is 17.6. The van der Waals surface area contributed by atoms with E-state index in [1.54, 1.807) is 0 Å². The van der Waals surface area contributed by atoms with E-state index in [1.807, 2.05) is 0 Å². The van der Waals surface area contributed by atoms with E-state index in [4.69, 9.17) is 9.84 Å². The van der Waals surface area contributed by atoms with Gasteiger partial charge in [0.15, 0.2) is 0 Å². The number of allylic oxidation sites excluding steroid dienone is 13. The number of rotatable bonds is 30. The molecule has 0 aliphatic carbocycles. The lowest BCUT2D eigenvalue weighted by Gasteiger charge is -2.14. The number of carboxylic acid groups (broad SMARTS) is 1. The van der Waals surface area contributed by atoms with Crippen molar-refractivity contribution < 1.29 is 19.4 Å². The molecule has 0 saturated carbocycles. The average molecular weight is 609 g/mol. The van der Waals surface area contributed by atoms with Crippen LogP contribution in [0.3, 0.4) is 0 Å². The van der Waals surface area contributed by atoms with Gasteiger partial charge in [0.05, 0.1) is 0 Å². The third-order valence-corrected chi connectivity index (χ3v) is 7.10. The fourth-order valence-corrected chi connectivity index (χ4v) is 4.58. The van der Waals surface area contributed by atoms with Crippen LogP contribution in [-0.4, -0.2) is 23.1 Å². The number of unbranched alkanes of at least 4 members (excludes halogenated alkanes) is 9. The molecule has 0 saturated heterocycles. The zero-order valence-corrected chi connectivity index (χ0v) is 28.2. The highest BCUT2D eigenvalue weighted by Gasteiger charge is 2.11. The lowest BCUT2D eigenvalue weighted by molar-refractivity contribution is -0.147. The largest absolute Gasteiger partial charge is 0.481 e. The molecule has 0 amide bonds. The second-order valence-electron chi connectivity index (χ2n) is 11.3. The molecule has 4 heteroatoms. The van der Waals surface area contributed by atoms with Gasteiger partial charge in [-0.3, -0.25) is 9.59 Å². The lowest BCUT2D eigenvalue weighted by Crippen LogP contribution is -2.16. The third-order valence-electron chi connectivity index (χ3n) is 7.10. The first-order chi connectivity index (χ1) is 21.6. The molecule has 1 atom stereocenters. The standard InChI is InChI=1S/C40H64O4/c1-3-5-7-9-11-13-14-15-16-17-18-19-20-21-23-29-33-37-40(43)44-38(34-30-26-22-12-10-8-6-4-2)35-31-27-24-25-28-32-36-39(41)42/h5-8,11-13,15-16,18-19,22,30,34,38H,3-4,9-10,14,17,20-21,23-29,31-33,35-37H2,1-2H3,(H,41,42)/b7-5-,8-6-,13-11-,16-15-,19-18-,22-12-,34-30-. The third kappa shape index (κ3) is 33.6. The second-order valence-corrected chi connectivity index (χ2v) is 11.3. The number of hydrogen-bond acceptors (Lipinski definition) is 3. The molecule has 1 unspecified atom stereocenters. The average Bonchev–Trinajstić information content (AvgIpc) is 3.01. The number of aliphatic carboxylic acids is 1. The maximum atomic E-state index is 12.6. The molecule has 44 heavy (non-hydrogen) atoms. The molecule has 0 aliphatic heterocycles. The van der Waals surface area contributed by atoms with E-state index in [0.29, 0.717) is 6.42 Å². The highest BCUT2D eigenvalue weighted by Crippen LogP contribution is 2.14. The van der Waals surface area contributed by atoms with Gasteiger partial charge in [0.1, 0.15) is 6.10 Å². The van der Waals surface area contributed by atoms with Gasteiger partial charge in [0.2, 0.25) is 0 Å². The van der Waals surface area contributed by atoms with Crippen molar-refractivity contribution in [3.8, 4) is 0 Å². The summed E-state index contributed by atoms with van der Waals surface area (Å²) in [6.07, 6.45) is 50.4. The number of carbonyl (C=O) groups excluding carboxylic acids is 1. The second kappa shape index (κ2) is 34.6. The number of hydrogen-bond donors (Lipinski definition) is 1. The van der Waals surface area contributed by atoms with E-state index in [1.165, 1.54) is 0 Å². The predicted octanol–water partition coefficient (Wildman–Crippen LogP) is 12.1. The molecule has 0 radical (unpaired) electrons. The van der Waals surface area contributed by atoms with E-state index in [2.05, 4.69) is 98.9 Å². The topological polar surface area (TPSA) is 63.6 Å². The van der Waals surface area contributed by atoms with Gasteiger partial charge in [-0.05, 0) is 89.5 Å². The minimum absolute atomic E-state index is 0.0903. The monoisotopic (exact) mass is 608 g/mol. The number of carboxylic acids is 1. The van der Waals surface area contributed by atoms with Crippen molar-refractivity contribution in [1.29, 1.82) is 0 Å². The van der Waals surface area contributed by atoms with Gasteiger partial charge in [-0.25, -0.2) is 0 Å². The van der Waals surface area contributed by atoms with Crippen LogP contribution in [0, 0.1) is 0 Å². The molecule has 0 aromatic heterocycles. The van der Waals surface area contributed by atoms with Crippen molar-refractivity contribution in [3.63, 3.8) is 0 Å². The van der Waals surface area contributed by atoms with Crippen LogP contribution >= 0.6 is 0 Å². The fourth-order valence-electron chi connectivity index (χ4n) is 4.58. The van der Waals surface area contributed by atoms with Crippen LogP contribution in [0.2, 0.25) is 0 Å². The summed E-state index contributed by atoms with van der Waals surface area (Å²) in [5, 5.41) is 8.75. The fraction of sp³-hybridized carbons (Fsp3) is 0.600. The van der Waals surface area contributed by atoms with Crippen LogP contribution in [0.15, 0.2) is 85.1 Å². The van der Waals surface area contributed by atoms with Crippen molar-refractivity contribution in [2.24, 2.45) is 0 Å². The minimum atomic E-state index is -0.712. The minimum Gasteiger partial charge on any atom is -0.481 e. The molecular formula is C40H64O4. The Kier molecular flexibility index (Phi) is 32.3. The van der Waals surface area contributed by atoms with Gasteiger partial charge in [-0.1, -0.05) is 131 Å². The molecule has 0 bridgehead atoms. The summed E-state index contributed by atoms with van der Waals surface area (Å²) in [6, 6.07) is 0. The van der Waals surface area contributed by atoms with E-state index in [9.17, 15) is 9.59 Å². The Morgan fingerprint density at radius 2 is 0.955 bits per heavy atom. The van der Waals surface area contributed by atoms with Crippen molar-refractivity contribution in [1.82, 2.24) is 0 Å². The normalized spacial score (nSPS) is 13.3. The maximum absolute atomic E-state index is 12.6. The molecule has 0 spiro atoms. The zero-order chi connectivity index (χ0) is 32.2. The van der Waals surface area contributed by atoms with Gasteiger partial charge in [-0.2, -0.15) is 0 Å². The van der Waals surface area contributed by atoms with Crippen LogP contribution in [0.1, 0.15) is 149 Å². The Morgan fingerprint density at radius 1 is 0.523 bits per heavy atom. The molecular weight excluding hydrogens is 544 g/mol. The summed E-state index contributed by atoms with van der Waals surface area (Å²) in [5.74, 6) is -0.803. The number of ether oxygens (including phenoxy) is 1. The molecule has 0 heterocycles. The maximum Gasteiger partial charge on any atom is 0.306 e. The Hall–Kier alpha value is -2.88. The van der Waals surface area contributed by atoms with Gasteiger partial charge in [0.25, 0.3) is 0 Å². The zero-order valence-electron chi connectivity index (χ0n) is 28.2. The van der Waals surface area contributed by atoms with E-state index in [0.717, 1.165) is 122 Å². The molecule has 0 aromatic rings. The van der Waals surface area contributed by atoms with Gasteiger partial charge in [-0.15, -0.1) is 0 Å². The lowest BCUT2D eigenvalue weighted by atomic mass is 10.1. The Morgan fingerprint density at radius 3 is 1.50 bits per heavy atom. The van der Waals surface area contributed by atoms with Gasteiger partial charge in [0, 0.05) is 12.8 Å². The molecule has 0 rings (SSSR count). The molecule has 1 N–H and O–H groups in total. The molecule has 0 aliphatic rings. The van der Waals surface area contributed by atoms with Crippen molar-refractivity contribution in [2.45, 2.75) is 155 Å². The van der Waals surface area contributed by atoms with Crippen LogP contribution in [-0.2, 0) is 14.3 Å². The van der Waals surface area contributed by atoms with Crippen molar-refractivity contribution in [2.75, 3.05) is 0 Å². The van der Waals surface area contributed by atoms with E-state index >= 15 is 0 Å². The SMILES string of the molecule is CC/C=C\C/C=C\C/C=C\C/C=C\CCCCCCC(=O)OC(/C=C\C/C=C\C/C=C\CC)CCCCCCCCC(=O)O. The summed E-state index contributed by atoms with van der Waals surface area (Å²) < 4.78 is 5.86. The summed E-state index contributed by atoms with van der Waals surface area (Å²) in [4.78, 5) is 23.2. The quantitative estimate of drug-likeness (QED) is 0.0500. The van der Waals surface area contributed by atoms with E-state index in [-0.39, 0.29) is 18.5 Å². The van der Waals surface area contributed by atoms with Crippen molar-refractivity contribution in [3.05, 3.63) is 85.1 Å². The summed E-state index contributed by atoms with van der Waals surface area (Å²) >= 11 is 0. The summed E-state index contributed by atoms with van der Waals surface area (Å²) in [5.41, 5.74) is 0. The summed E-state index contributed by atoms with van der Waals surface area (Å²) in [7, 11) is 0. The van der Waals surface area contributed by atoms with Crippen LogP contribution in [0.4, 0.5) is 0 Å².